The fourth-order valence-corrected chi connectivity index (χ4v) is 9.35. The second kappa shape index (κ2) is 6.20. The number of carbonyl (C=O) groups excluding carboxylic acids is 1. The van der Waals surface area contributed by atoms with Crippen molar-refractivity contribution in [1.29, 1.82) is 0 Å². The van der Waals surface area contributed by atoms with Crippen molar-refractivity contribution in [1.82, 2.24) is 0 Å². The lowest BCUT2D eigenvalue weighted by Crippen LogP contribution is -2.63. The van der Waals surface area contributed by atoms with Gasteiger partial charge in [0.1, 0.15) is 0 Å². The van der Waals surface area contributed by atoms with Crippen LogP contribution in [0.15, 0.2) is 0 Å². The summed E-state index contributed by atoms with van der Waals surface area (Å²) >= 11 is 0. The predicted octanol–water partition coefficient (Wildman–Crippen LogP) is 3.05. The van der Waals surface area contributed by atoms with Crippen LogP contribution in [0.1, 0.15) is 78.6 Å². The fraction of sp³-hybridized carbons (Fsp3) is 0.958. The standard InChI is InChI=1S/C24H38O5/c1-21(12-19(27)29-13-21)20-18(26)11-24(28)17-5-4-14-10-15(25)6-8-22(14,2)16(17)7-9-23(20,24)3/h14-18,20,25-26,28H,4-13H2,1-3H3/t14-,15+,16+,17-,18+,20-,21?,22+,23-,24+/m1/s1. The summed E-state index contributed by atoms with van der Waals surface area (Å²) in [5.41, 5.74) is -1.51. The van der Waals surface area contributed by atoms with Gasteiger partial charge in [-0.25, -0.2) is 0 Å². The zero-order valence-electron chi connectivity index (χ0n) is 18.2. The summed E-state index contributed by atoms with van der Waals surface area (Å²) < 4.78 is 5.33. The Kier molecular flexibility index (Phi) is 4.33. The van der Waals surface area contributed by atoms with Crippen molar-refractivity contribution in [3.63, 3.8) is 0 Å². The summed E-state index contributed by atoms with van der Waals surface area (Å²) in [6, 6.07) is 0. The van der Waals surface area contributed by atoms with Crippen molar-refractivity contribution >= 4 is 5.97 Å². The van der Waals surface area contributed by atoms with E-state index in [0.29, 0.717) is 31.3 Å². The van der Waals surface area contributed by atoms with Crippen LogP contribution in [0, 0.1) is 39.9 Å². The van der Waals surface area contributed by atoms with Gasteiger partial charge in [-0.3, -0.25) is 4.79 Å². The third-order valence-electron chi connectivity index (χ3n) is 10.7. The SMILES string of the molecule is CC1([C@H]2[C@@H](O)C[C@]3(O)[C@@H]4CC[C@@H]5C[C@@H](O)CC[C@]5(C)[C@H]4CC[C@]23C)COC(=O)C1. The molecule has 1 unspecified atom stereocenters. The van der Waals surface area contributed by atoms with Gasteiger partial charge in [-0.15, -0.1) is 0 Å². The lowest BCUT2D eigenvalue weighted by molar-refractivity contribution is -0.217. The molecule has 0 aromatic heterocycles. The van der Waals surface area contributed by atoms with Crippen molar-refractivity contribution in [3.8, 4) is 0 Å². The largest absolute Gasteiger partial charge is 0.465 e. The number of fused-ring (bicyclic) bond motifs is 5. The minimum Gasteiger partial charge on any atom is -0.465 e. The van der Waals surface area contributed by atoms with Crippen LogP contribution in [-0.4, -0.2) is 45.7 Å². The van der Waals surface area contributed by atoms with Crippen molar-refractivity contribution in [2.45, 2.75) is 96.4 Å². The molecule has 5 fully saturated rings. The molecule has 5 aliphatic rings. The predicted molar refractivity (Wildman–Crippen MR) is 108 cm³/mol. The quantitative estimate of drug-likeness (QED) is 0.583. The highest BCUT2D eigenvalue weighted by Gasteiger charge is 2.72. The molecule has 4 aliphatic carbocycles. The first-order valence-electron chi connectivity index (χ1n) is 11.8. The van der Waals surface area contributed by atoms with Crippen LogP contribution in [0.2, 0.25) is 0 Å². The Morgan fingerprint density at radius 3 is 2.45 bits per heavy atom. The highest BCUT2D eigenvalue weighted by molar-refractivity contribution is 5.72. The number of ether oxygens (including phenoxy) is 1. The van der Waals surface area contributed by atoms with Crippen molar-refractivity contribution in [2.75, 3.05) is 6.61 Å². The topological polar surface area (TPSA) is 87.0 Å². The molecule has 0 radical (unpaired) electrons. The lowest BCUT2D eigenvalue weighted by atomic mass is 9.42. The minimum atomic E-state index is -0.890. The first-order chi connectivity index (χ1) is 13.5. The van der Waals surface area contributed by atoms with Crippen LogP contribution in [0.4, 0.5) is 0 Å². The summed E-state index contributed by atoms with van der Waals surface area (Å²) in [6.45, 7) is 7.00. The van der Waals surface area contributed by atoms with Gasteiger partial charge in [0.2, 0.25) is 0 Å². The van der Waals surface area contributed by atoms with Gasteiger partial charge in [0.25, 0.3) is 0 Å². The Labute approximate surface area is 174 Å². The van der Waals surface area contributed by atoms with E-state index in [4.69, 9.17) is 4.74 Å². The molecule has 4 saturated carbocycles. The second-order valence-corrected chi connectivity index (χ2v) is 12.0. The average molecular weight is 407 g/mol. The molecule has 1 heterocycles. The lowest BCUT2D eigenvalue weighted by Gasteiger charge is -2.64. The molecular formula is C24H38O5. The van der Waals surface area contributed by atoms with Gasteiger partial charge in [0, 0.05) is 23.2 Å². The molecule has 164 valence electrons. The van der Waals surface area contributed by atoms with Crippen molar-refractivity contribution < 1.29 is 24.9 Å². The van der Waals surface area contributed by atoms with E-state index >= 15 is 0 Å². The molecule has 29 heavy (non-hydrogen) atoms. The summed E-state index contributed by atoms with van der Waals surface area (Å²) in [5, 5.41) is 33.7. The Hall–Kier alpha value is -0.650. The van der Waals surface area contributed by atoms with Crippen LogP contribution in [0.25, 0.3) is 0 Å². The van der Waals surface area contributed by atoms with E-state index in [9.17, 15) is 20.1 Å². The highest BCUT2D eigenvalue weighted by atomic mass is 16.5. The summed E-state index contributed by atoms with van der Waals surface area (Å²) in [7, 11) is 0. The van der Waals surface area contributed by atoms with E-state index in [1.165, 1.54) is 0 Å². The average Bonchev–Trinajstić information content (AvgIpc) is 3.08. The van der Waals surface area contributed by atoms with E-state index in [2.05, 4.69) is 20.8 Å². The molecule has 1 aliphatic heterocycles. The molecular weight excluding hydrogens is 368 g/mol. The van der Waals surface area contributed by atoms with Crippen molar-refractivity contribution in [3.05, 3.63) is 0 Å². The van der Waals surface area contributed by atoms with Gasteiger partial charge in [-0.1, -0.05) is 20.8 Å². The van der Waals surface area contributed by atoms with E-state index < -0.39 is 22.5 Å². The second-order valence-electron chi connectivity index (χ2n) is 12.0. The smallest absolute Gasteiger partial charge is 0.306 e. The monoisotopic (exact) mass is 406 g/mol. The molecule has 5 heteroatoms. The molecule has 5 nitrogen and oxygen atoms in total. The molecule has 0 spiro atoms. The van der Waals surface area contributed by atoms with Gasteiger partial charge < -0.3 is 20.1 Å². The third kappa shape index (κ3) is 2.53. The Morgan fingerprint density at radius 1 is 1.00 bits per heavy atom. The van der Waals surface area contributed by atoms with Crippen LogP contribution in [-0.2, 0) is 9.53 Å². The minimum absolute atomic E-state index is 0.119. The molecule has 5 rings (SSSR count). The highest BCUT2D eigenvalue weighted by Crippen LogP contribution is 2.71. The molecule has 0 aromatic carbocycles. The zero-order valence-corrected chi connectivity index (χ0v) is 18.2. The van der Waals surface area contributed by atoms with E-state index in [-0.39, 0.29) is 29.3 Å². The Bertz CT molecular complexity index is 709. The Balaban J connectivity index is 1.50. The molecule has 3 N–H and O–H groups in total. The van der Waals surface area contributed by atoms with E-state index in [0.717, 1.165) is 44.9 Å². The van der Waals surface area contributed by atoms with Gasteiger partial charge in [0.15, 0.2) is 0 Å². The molecule has 0 aromatic rings. The maximum absolute atomic E-state index is 12.3. The maximum atomic E-state index is 12.3. The molecule has 10 atom stereocenters. The van der Waals surface area contributed by atoms with Crippen molar-refractivity contribution in [2.24, 2.45) is 39.9 Å². The van der Waals surface area contributed by atoms with Crippen LogP contribution < -0.4 is 0 Å². The fourth-order valence-electron chi connectivity index (χ4n) is 9.35. The van der Waals surface area contributed by atoms with E-state index in [1.807, 2.05) is 0 Å². The molecule has 0 amide bonds. The number of esters is 1. The zero-order chi connectivity index (χ0) is 20.8. The van der Waals surface area contributed by atoms with Crippen LogP contribution in [0.3, 0.4) is 0 Å². The summed E-state index contributed by atoms with van der Waals surface area (Å²) in [4.78, 5) is 11.9. The first-order valence-corrected chi connectivity index (χ1v) is 11.8. The van der Waals surface area contributed by atoms with Gasteiger partial charge in [-0.2, -0.15) is 0 Å². The summed E-state index contributed by atoms with van der Waals surface area (Å²) in [5.74, 6) is 0.888. The van der Waals surface area contributed by atoms with E-state index in [1.54, 1.807) is 0 Å². The Morgan fingerprint density at radius 2 is 1.76 bits per heavy atom. The number of aliphatic hydroxyl groups excluding tert-OH is 2. The number of cyclic esters (lactones) is 1. The van der Waals surface area contributed by atoms with Crippen LogP contribution >= 0.6 is 0 Å². The summed E-state index contributed by atoms with van der Waals surface area (Å²) in [6.07, 6.45) is 6.81. The number of hydrogen-bond donors (Lipinski definition) is 3. The van der Waals surface area contributed by atoms with Crippen LogP contribution in [0.5, 0.6) is 0 Å². The van der Waals surface area contributed by atoms with Gasteiger partial charge in [0.05, 0.1) is 30.8 Å². The van der Waals surface area contributed by atoms with Gasteiger partial charge >= 0.3 is 5.97 Å². The first kappa shape index (κ1) is 20.3. The van der Waals surface area contributed by atoms with Gasteiger partial charge in [-0.05, 0) is 68.1 Å². The number of aliphatic hydroxyl groups is 3. The number of carbonyl (C=O) groups is 1. The normalized spacial score (nSPS) is 59.6. The molecule has 0 bridgehead atoms. The maximum Gasteiger partial charge on any atom is 0.306 e. The third-order valence-corrected chi connectivity index (χ3v) is 10.7. The molecule has 1 saturated heterocycles. The number of rotatable bonds is 1. The number of hydrogen-bond acceptors (Lipinski definition) is 5.